The smallest absolute Gasteiger partial charge is 0.159 e. The van der Waals surface area contributed by atoms with Crippen molar-refractivity contribution in [2.45, 2.75) is 64.9 Å². The predicted octanol–water partition coefficient (Wildman–Crippen LogP) is 6.79. The molecule has 0 amide bonds. The Morgan fingerprint density at radius 2 is 1.97 bits per heavy atom. The van der Waals surface area contributed by atoms with Crippen LogP contribution >= 0.6 is 0 Å². The summed E-state index contributed by atoms with van der Waals surface area (Å²) in [6, 6.07) is 5.09. The van der Waals surface area contributed by atoms with Gasteiger partial charge in [0.2, 0.25) is 0 Å². The van der Waals surface area contributed by atoms with Crippen LogP contribution in [0.25, 0.3) is 17.5 Å². The number of benzene rings is 1. The maximum atomic E-state index is 14.1. The van der Waals surface area contributed by atoms with Gasteiger partial charge in [0.15, 0.2) is 5.82 Å². The topological polar surface area (TPSA) is 35.0 Å². The Kier molecular flexibility index (Phi) is 10.3. The third-order valence-electron chi connectivity index (χ3n) is 4.79. The van der Waals surface area contributed by atoms with E-state index >= 15 is 0 Å². The predicted molar refractivity (Wildman–Crippen MR) is 119 cm³/mol. The average Bonchev–Trinajstić information content (AvgIpc) is 2.73. The van der Waals surface area contributed by atoms with Crippen LogP contribution in [0.1, 0.15) is 63.5 Å². The lowest BCUT2D eigenvalue weighted by molar-refractivity contribution is 0.0566. The summed E-state index contributed by atoms with van der Waals surface area (Å²) in [7, 11) is 0. The van der Waals surface area contributed by atoms with Gasteiger partial charge in [-0.25, -0.2) is 14.4 Å². The zero-order chi connectivity index (χ0) is 20.9. The molecule has 2 rings (SSSR count). The van der Waals surface area contributed by atoms with Gasteiger partial charge in [0.1, 0.15) is 5.82 Å². The van der Waals surface area contributed by atoms with Crippen molar-refractivity contribution >= 4 is 6.08 Å². The molecule has 0 saturated carbocycles. The Balaban J connectivity index is 1.77. The summed E-state index contributed by atoms with van der Waals surface area (Å²) in [5, 5.41) is 0. The number of halogens is 1. The summed E-state index contributed by atoms with van der Waals surface area (Å²) >= 11 is 0. The highest BCUT2D eigenvalue weighted by atomic mass is 19.1. The van der Waals surface area contributed by atoms with E-state index in [2.05, 4.69) is 36.5 Å². The Labute approximate surface area is 174 Å². The largest absolute Gasteiger partial charge is 0.379 e. The van der Waals surface area contributed by atoms with Crippen LogP contribution in [-0.2, 0) is 11.2 Å². The van der Waals surface area contributed by atoms with E-state index in [-0.39, 0.29) is 5.82 Å². The van der Waals surface area contributed by atoms with Crippen molar-refractivity contribution in [1.82, 2.24) is 9.97 Å². The lowest BCUT2D eigenvalue weighted by Gasteiger charge is -2.11. The second kappa shape index (κ2) is 13.0. The molecular weight excluding hydrogens is 363 g/mol. The molecule has 0 fully saturated rings. The molecule has 0 spiro atoms. The van der Waals surface area contributed by atoms with Gasteiger partial charge < -0.3 is 4.74 Å². The summed E-state index contributed by atoms with van der Waals surface area (Å²) < 4.78 is 19.9. The number of aromatic nitrogens is 2. The van der Waals surface area contributed by atoms with Gasteiger partial charge in [0, 0.05) is 30.1 Å². The molecule has 4 heteroatoms. The van der Waals surface area contributed by atoms with Crippen LogP contribution in [0.3, 0.4) is 0 Å². The van der Waals surface area contributed by atoms with Gasteiger partial charge in [-0.2, -0.15) is 0 Å². The minimum atomic E-state index is -0.251. The maximum Gasteiger partial charge on any atom is 0.159 e. The van der Waals surface area contributed by atoms with E-state index in [1.165, 1.54) is 18.9 Å². The van der Waals surface area contributed by atoms with Gasteiger partial charge in [-0.05, 0) is 50.7 Å². The van der Waals surface area contributed by atoms with Gasteiger partial charge in [0.05, 0.1) is 6.10 Å². The standard InChI is InChI=1S/C25H33FN2O/c1-4-6-10-16-29-20(3)12-8-7-9-13-21-18-27-25(28-19-21)23-15-14-22(11-5-2)24(26)17-23/h5,9,13-15,17-20H,2,4,6-8,10-12,16H2,1,3H3/b13-9+. The van der Waals surface area contributed by atoms with E-state index in [0.717, 1.165) is 37.9 Å². The van der Waals surface area contributed by atoms with Crippen LogP contribution in [0, 0.1) is 5.82 Å². The van der Waals surface area contributed by atoms with Gasteiger partial charge in [0.25, 0.3) is 0 Å². The van der Waals surface area contributed by atoms with Gasteiger partial charge >= 0.3 is 0 Å². The van der Waals surface area contributed by atoms with Gasteiger partial charge in [-0.15, -0.1) is 6.58 Å². The van der Waals surface area contributed by atoms with Crippen LogP contribution in [0.15, 0.2) is 49.3 Å². The first-order valence-electron chi connectivity index (χ1n) is 10.6. The monoisotopic (exact) mass is 396 g/mol. The lowest BCUT2D eigenvalue weighted by atomic mass is 10.1. The van der Waals surface area contributed by atoms with Crippen LogP contribution in [-0.4, -0.2) is 22.7 Å². The number of nitrogens with zero attached hydrogens (tertiary/aromatic N) is 2. The van der Waals surface area contributed by atoms with E-state index in [0.29, 0.717) is 29.5 Å². The minimum absolute atomic E-state index is 0.251. The second-order valence-corrected chi connectivity index (χ2v) is 7.36. The number of rotatable bonds is 13. The number of ether oxygens (including phenoxy) is 1. The molecule has 1 aromatic carbocycles. The molecule has 0 aliphatic rings. The highest BCUT2D eigenvalue weighted by Crippen LogP contribution is 2.19. The van der Waals surface area contributed by atoms with Crippen molar-refractivity contribution in [2.24, 2.45) is 0 Å². The highest BCUT2D eigenvalue weighted by Gasteiger charge is 2.06. The molecule has 1 atom stereocenters. The Bertz CT molecular complexity index is 771. The van der Waals surface area contributed by atoms with Crippen LogP contribution < -0.4 is 0 Å². The minimum Gasteiger partial charge on any atom is -0.379 e. The molecule has 0 aliphatic heterocycles. The first-order chi connectivity index (χ1) is 14.1. The quantitative estimate of drug-likeness (QED) is 0.276. The third-order valence-corrected chi connectivity index (χ3v) is 4.79. The molecule has 1 aromatic heterocycles. The molecule has 29 heavy (non-hydrogen) atoms. The molecule has 1 heterocycles. The Hall–Kier alpha value is -2.33. The fourth-order valence-electron chi connectivity index (χ4n) is 3.04. The van der Waals surface area contributed by atoms with Crippen LogP contribution in [0.5, 0.6) is 0 Å². The first-order valence-corrected chi connectivity index (χ1v) is 10.6. The zero-order valence-electron chi connectivity index (χ0n) is 17.7. The Morgan fingerprint density at radius 3 is 2.66 bits per heavy atom. The van der Waals surface area contributed by atoms with Crippen molar-refractivity contribution in [3.63, 3.8) is 0 Å². The zero-order valence-corrected chi connectivity index (χ0v) is 17.7. The molecule has 2 aromatic rings. The lowest BCUT2D eigenvalue weighted by Crippen LogP contribution is -2.08. The van der Waals surface area contributed by atoms with Crippen molar-refractivity contribution in [3.05, 3.63) is 66.3 Å². The number of hydrogen-bond donors (Lipinski definition) is 0. The summed E-state index contributed by atoms with van der Waals surface area (Å²) in [5.74, 6) is 0.277. The molecule has 0 bridgehead atoms. The third kappa shape index (κ3) is 8.28. The van der Waals surface area contributed by atoms with E-state index in [9.17, 15) is 4.39 Å². The Morgan fingerprint density at radius 1 is 1.17 bits per heavy atom. The molecule has 156 valence electrons. The van der Waals surface area contributed by atoms with Crippen LogP contribution in [0.4, 0.5) is 4.39 Å². The first kappa shape index (κ1) is 23.0. The molecule has 3 nitrogen and oxygen atoms in total. The van der Waals surface area contributed by atoms with Crippen molar-refractivity contribution in [2.75, 3.05) is 6.61 Å². The molecule has 0 saturated heterocycles. The van der Waals surface area contributed by atoms with Gasteiger partial charge in [-0.1, -0.05) is 50.1 Å². The number of allylic oxidation sites excluding steroid dienone is 2. The van der Waals surface area contributed by atoms with Crippen molar-refractivity contribution in [3.8, 4) is 11.4 Å². The fraction of sp³-hybridized carbons (Fsp3) is 0.440. The van der Waals surface area contributed by atoms with Gasteiger partial charge in [-0.3, -0.25) is 0 Å². The van der Waals surface area contributed by atoms with Crippen LogP contribution in [0.2, 0.25) is 0 Å². The van der Waals surface area contributed by atoms with E-state index in [1.54, 1.807) is 24.5 Å². The fourth-order valence-corrected chi connectivity index (χ4v) is 3.04. The highest BCUT2D eigenvalue weighted by molar-refractivity contribution is 5.57. The molecule has 1 unspecified atom stereocenters. The van der Waals surface area contributed by atoms with E-state index in [1.807, 2.05) is 12.1 Å². The second-order valence-electron chi connectivity index (χ2n) is 7.36. The van der Waals surface area contributed by atoms with Crippen molar-refractivity contribution in [1.29, 1.82) is 0 Å². The van der Waals surface area contributed by atoms with E-state index in [4.69, 9.17) is 4.74 Å². The SMILES string of the molecule is C=CCc1ccc(-c2ncc(/C=C/CCCC(C)OCCCCC)cn2)cc1F. The molecular formula is C25H33FN2O. The maximum absolute atomic E-state index is 14.1. The molecule has 0 N–H and O–H groups in total. The normalized spacial score (nSPS) is 12.4. The molecule has 0 aliphatic carbocycles. The summed E-state index contributed by atoms with van der Waals surface area (Å²) in [6.45, 7) is 8.87. The van der Waals surface area contributed by atoms with Crippen molar-refractivity contribution < 1.29 is 9.13 Å². The summed E-state index contributed by atoms with van der Waals surface area (Å²) in [4.78, 5) is 8.74. The number of hydrogen-bond acceptors (Lipinski definition) is 3. The molecule has 0 radical (unpaired) electrons. The van der Waals surface area contributed by atoms with E-state index < -0.39 is 0 Å². The number of unbranched alkanes of at least 4 members (excludes halogenated alkanes) is 3. The average molecular weight is 397 g/mol. The summed E-state index contributed by atoms with van der Waals surface area (Å²) in [5.41, 5.74) is 2.25. The summed E-state index contributed by atoms with van der Waals surface area (Å²) in [6.07, 6.45) is 17.0.